The molecule has 3 rings (SSSR count). The van der Waals surface area contributed by atoms with E-state index in [0.717, 1.165) is 11.1 Å². The summed E-state index contributed by atoms with van der Waals surface area (Å²) >= 11 is 0. The quantitative estimate of drug-likeness (QED) is 0.935. The van der Waals surface area contributed by atoms with Crippen LogP contribution in [-0.2, 0) is 4.79 Å². The van der Waals surface area contributed by atoms with E-state index < -0.39 is 11.8 Å². The molecule has 0 radical (unpaired) electrons. The van der Waals surface area contributed by atoms with Crippen LogP contribution in [-0.4, -0.2) is 21.9 Å². The van der Waals surface area contributed by atoms with Crippen molar-refractivity contribution in [1.82, 2.24) is 9.78 Å². The fraction of sp³-hybridized carbons (Fsp3) is 0.188. The standard InChI is InChI=1S/C16H16N4O2/c1-11(16(17)21)14(20-8-3-6-19-20)13-5-2-4-12-10-18-7-9-22-15(12)13/h2-11,14H,1H3,(H2,17,21). The fourth-order valence-electron chi connectivity index (χ4n) is 2.54. The molecule has 112 valence electrons. The van der Waals surface area contributed by atoms with E-state index in [2.05, 4.69) is 10.1 Å². The monoisotopic (exact) mass is 296 g/mol. The van der Waals surface area contributed by atoms with Gasteiger partial charge in [0, 0.05) is 29.7 Å². The maximum atomic E-state index is 11.7. The number of carbonyl (C=O) groups excluding carboxylic acids is 1. The first-order valence-corrected chi connectivity index (χ1v) is 6.94. The van der Waals surface area contributed by atoms with Crippen LogP contribution in [0.2, 0.25) is 0 Å². The Morgan fingerprint density at radius 3 is 2.95 bits per heavy atom. The van der Waals surface area contributed by atoms with E-state index in [-0.39, 0.29) is 6.04 Å². The molecule has 1 aliphatic rings. The summed E-state index contributed by atoms with van der Waals surface area (Å²) in [6, 6.07) is 7.19. The fourth-order valence-corrected chi connectivity index (χ4v) is 2.54. The van der Waals surface area contributed by atoms with Gasteiger partial charge in [-0.3, -0.25) is 14.5 Å². The highest BCUT2D eigenvalue weighted by Crippen LogP contribution is 2.35. The van der Waals surface area contributed by atoms with Crippen molar-refractivity contribution in [3.05, 3.63) is 60.2 Å². The van der Waals surface area contributed by atoms with Crippen LogP contribution in [0.25, 0.3) is 0 Å². The topological polar surface area (TPSA) is 82.5 Å². The smallest absolute Gasteiger partial charge is 0.222 e. The number of nitrogens with zero attached hydrogens (tertiary/aromatic N) is 3. The second-order valence-corrected chi connectivity index (χ2v) is 5.07. The lowest BCUT2D eigenvalue weighted by atomic mass is 9.92. The molecule has 0 aliphatic carbocycles. The summed E-state index contributed by atoms with van der Waals surface area (Å²) in [6.07, 6.45) is 8.29. The Kier molecular flexibility index (Phi) is 3.74. The molecule has 2 heterocycles. The van der Waals surface area contributed by atoms with Gasteiger partial charge in [0.1, 0.15) is 12.0 Å². The van der Waals surface area contributed by atoms with Gasteiger partial charge in [-0.25, -0.2) is 0 Å². The maximum absolute atomic E-state index is 11.7. The minimum atomic E-state index is -0.445. The normalized spacial score (nSPS) is 15.5. The van der Waals surface area contributed by atoms with Crippen LogP contribution in [0.3, 0.4) is 0 Å². The van der Waals surface area contributed by atoms with Gasteiger partial charge >= 0.3 is 0 Å². The minimum absolute atomic E-state index is 0.345. The van der Waals surface area contributed by atoms with Crippen LogP contribution in [0.15, 0.2) is 54.1 Å². The van der Waals surface area contributed by atoms with Gasteiger partial charge in [0.05, 0.1) is 18.2 Å². The van der Waals surface area contributed by atoms with Crippen molar-refractivity contribution in [2.75, 3.05) is 0 Å². The summed E-state index contributed by atoms with van der Waals surface area (Å²) < 4.78 is 7.41. The number of primary amides is 1. The van der Waals surface area contributed by atoms with Gasteiger partial charge < -0.3 is 10.5 Å². The van der Waals surface area contributed by atoms with E-state index in [0.29, 0.717) is 5.75 Å². The molecule has 0 bridgehead atoms. The number of benzene rings is 1. The zero-order valence-electron chi connectivity index (χ0n) is 12.1. The lowest BCUT2D eigenvalue weighted by Gasteiger charge is -2.25. The zero-order chi connectivity index (χ0) is 15.5. The second-order valence-electron chi connectivity index (χ2n) is 5.07. The number of ether oxygens (including phenoxy) is 1. The summed E-state index contributed by atoms with van der Waals surface area (Å²) in [5.74, 6) is -0.177. The van der Waals surface area contributed by atoms with Gasteiger partial charge in [-0.1, -0.05) is 19.1 Å². The van der Waals surface area contributed by atoms with E-state index >= 15 is 0 Å². The Balaban J connectivity index is 2.15. The molecule has 2 aromatic rings. The third kappa shape index (κ3) is 2.50. The Morgan fingerprint density at radius 1 is 1.36 bits per heavy atom. The lowest BCUT2D eigenvalue weighted by Crippen LogP contribution is -2.31. The van der Waals surface area contributed by atoms with Gasteiger partial charge in [-0.15, -0.1) is 0 Å². The van der Waals surface area contributed by atoms with Gasteiger partial charge in [0.2, 0.25) is 5.91 Å². The lowest BCUT2D eigenvalue weighted by molar-refractivity contribution is -0.122. The number of aromatic nitrogens is 2. The molecule has 22 heavy (non-hydrogen) atoms. The van der Waals surface area contributed by atoms with Crippen LogP contribution >= 0.6 is 0 Å². The van der Waals surface area contributed by atoms with Crippen LogP contribution in [0.5, 0.6) is 5.75 Å². The van der Waals surface area contributed by atoms with E-state index in [1.807, 2.05) is 30.5 Å². The summed E-state index contributed by atoms with van der Waals surface area (Å²) in [5, 5.41) is 4.27. The van der Waals surface area contributed by atoms with Crippen LogP contribution < -0.4 is 10.5 Å². The van der Waals surface area contributed by atoms with Crippen molar-refractivity contribution < 1.29 is 9.53 Å². The van der Waals surface area contributed by atoms with Crippen LogP contribution in [0.4, 0.5) is 0 Å². The number of nitrogens with two attached hydrogens (primary N) is 1. The average molecular weight is 296 g/mol. The number of amides is 1. The Bertz CT molecular complexity index is 735. The molecule has 1 aromatic heterocycles. The third-order valence-corrected chi connectivity index (χ3v) is 3.67. The molecule has 1 aliphatic heterocycles. The van der Waals surface area contributed by atoms with Gasteiger partial charge in [0.25, 0.3) is 0 Å². The summed E-state index contributed by atoms with van der Waals surface area (Å²) in [6.45, 7) is 1.79. The number of rotatable bonds is 4. The SMILES string of the molecule is CC(C(N)=O)C(c1cccc2c1OC=CN=C2)n1cccn1. The summed E-state index contributed by atoms with van der Waals surface area (Å²) in [5.41, 5.74) is 7.21. The van der Waals surface area contributed by atoms with Gasteiger partial charge in [-0.05, 0) is 12.1 Å². The summed E-state index contributed by atoms with van der Waals surface area (Å²) in [4.78, 5) is 15.9. The van der Waals surface area contributed by atoms with Crippen molar-refractivity contribution in [3.63, 3.8) is 0 Å². The third-order valence-electron chi connectivity index (χ3n) is 3.67. The highest BCUT2D eigenvalue weighted by molar-refractivity contribution is 5.85. The Hall–Kier alpha value is -2.89. The second kappa shape index (κ2) is 5.85. The molecular formula is C16H16N4O2. The molecule has 2 unspecified atom stereocenters. The largest absolute Gasteiger partial charge is 0.462 e. The Labute approximate surface area is 127 Å². The van der Waals surface area contributed by atoms with Crippen molar-refractivity contribution in [1.29, 1.82) is 0 Å². The first kappa shape index (κ1) is 14.1. The number of carbonyl (C=O) groups is 1. The predicted molar refractivity (Wildman–Crippen MR) is 82.5 cm³/mol. The molecule has 0 saturated heterocycles. The molecule has 1 amide bonds. The van der Waals surface area contributed by atoms with Crippen molar-refractivity contribution in [3.8, 4) is 5.75 Å². The van der Waals surface area contributed by atoms with Crippen LogP contribution in [0, 0.1) is 5.92 Å². The maximum Gasteiger partial charge on any atom is 0.222 e. The van der Waals surface area contributed by atoms with E-state index in [4.69, 9.17) is 10.5 Å². The number of hydrogen-bond donors (Lipinski definition) is 1. The highest BCUT2D eigenvalue weighted by atomic mass is 16.5. The molecule has 6 nitrogen and oxygen atoms in total. The molecule has 2 N–H and O–H groups in total. The number of hydrogen-bond acceptors (Lipinski definition) is 4. The first-order chi connectivity index (χ1) is 10.7. The molecule has 2 atom stereocenters. The molecular weight excluding hydrogens is 280 g/mol. The molecule has 6 heteroatoms. The van der Waals surface area contributed by atoms with Gasteiger partial charge in [0.15, 0.2) is 0 Å². The van der Waals surface area contributed by atoms with Crippen molar-refractivity contribution in [2.45, 2.75) is 13.0 Å². The highest BCUT2D eigenvalue weighted by Gasteiger charge is 2.29. The number of para-hydroxylation sites is 1. The summed E-state index contributed by atoms with van der Waals surface area (Å²) in [7, 11) is 0. The zero-order valence-corrected chi connectivity index (χ0v) is 12.1. The Morgan fingerprint density at radius 2 is 2.23 bits per heavy atom. The first-order valence-electron chi connectivity index (χ1n) is 6.94. The average Bonchev–Trinajstić information content (AvgIpc) is 2.91. The van der Waals surface area contributed by atoms with Crippen LogP contribution in [0.1, 0.15) is 24.1 Å². The van der Waals surface area contributed by atoms with E-state index in [1.54, 1.807) is 30.2 Å². The van der Waals surface area contributed by atoms with E-state index in [9.17, 15) is 4.79 Å². The minimum Gasteiger partial charge on any atom is -0.462 e. The molecule has 1 aromatic carbocycles. The van der Waals surface area contributed by atoms with Gasteiger partial charge in [-0.2, -0.15) is 5.10 Å². The molecule has 0 fully saturated rings. The van der Waals surface area contributed by atoms with E-state index in [1.165, 1.54) is 6.26 Å². The molecule has 0 spiro atoms. The van der Waals surface area contributed by atoms with Crippen molar-refractivity contribution >= 4 is 12.1 Å². The predicted octanol–water partition coefficient (Wildman–Crippen LogP) is 1.88. The molecule has 0 saturated carbocycles. The number of aliphatic imine (C=N–C) groups is 1. The number of fused-ring (bicyclic) bond motifs is 1. The van der Waals surface area contributed by atoms with Crippen molar-refractivity contribution in [2.24, 2.45) is 16.6 Å².